The van der Waals surface area contributed by atoms with Gasteiger partial charge in [0.25, 0.3) is 0 Å². The average molecular weight is 808 g/mol. The van der Waals surface area contributed by atoms with E-state index in [-0.39, 0.29) is 126 Å². The summed E-state index contributed by atoms with van der Waals surface area (Å²) in [5, 5.41) is 0. The molecule has 0 saturated heterocycles. The summed E-state index contributed by atoms with van der Waals surface area (Å²) in [6.45, 7) is 2.28. The van der Waals surface area contributed by atoms with Crippen molar-refractivity contribution in [2.75, 3.05) is 5.88 Å². The number of rotatable bonds is 12. The summed E-state index contributed by atoms with van der Waals surface area (Å²) < 4.78 is 0. The number of unbranched alkanes of at least 4 members (excludes halogenated alkanes) is 11. The standard InChI is InChI=1S/C14H29Cl.6Mo/c1-2-3-4-5-6-7-8-9-10-11-12-13-14-15;;;;;;/h2-14H2,1H3;;;;;;. The molecule has 0 aromatic heterocycles. The van der Waals surface area contributed by atoms with Gasteiger partial charge < -0.3 is 0 Å². The molecule has 0 radical (unpaired) electrons. The third-order valence-electron chi connectivity index (χ3n) is 2.99. The second-order valence-electron chi connectivity index (χ2n) is 4.58. The normalized spacial score (nSPS) is 7.71. The fraction of sp³-hybridized carbons (Fsp3) is 1.00. The third kappa shape index (κ3) is 45.5. The van der Waals surface area contributed by atoms with Gasteiger partial charge in [-0.2, -0.15) is 0 Å². The Labute approximate surface area is 224 Å². The van der Waals surface area contributed by atoms with Gasteiger partial charge in [-0.1, -0.05) is 77.6 Å². The van der Waals surface area contributed by atoms with Gasteiger partial charge in [-0.15, -0.1) is 11.6 Å². The van der Waals surface area contributed by atoms with Crippen molar-refractivity contribution in [3.8, 4) is 0 Å². The summed E-state index contributed by atoms with van der Waals surface area (Å²) in [6.07, 6.45) is 16.9. The van der Waals surface area contributed by atoms with Crippen LogP contribution in [0.15, 0.2) is 0 Å². The molecule has 0 bridgehead atoms. The molecule has 0 unspecified atom stereocenters. The number of halogens is 1. The summed E-state index contributed by atoms with van der Waals surface area (Å²) in [4.78, 5) is 0. The topological polar surface area (TPSA) is 0 Å². The molecule has 0 spiro atoms. The Hall–Kier alpha value is 4.42. The van der Waals surface area contributed by atoms with E-state index >= 15 is 0 Å². The van der Waals surface area contributed by atoms with Gasteiger partial charge in [0, 0.05) is 132 Å². The van der Waals surface area contributed by atoms with Crippen molar-refractivity contribution in [1.29, 1.82) is 0 Å². The van der Waals surface area contributed by atoms with Gasteiger partial charge in [0.1, 0.15) is 0 Å². The summed E-state index contributed by atoms with van der Waals surface area (Å²) >= 11 is 5.62. The molecule has 7 heteroatoms. The van der Waals surface area contributed by atoms with Crippen molar-refractivity contribution in [1.82, 2.24) is 0 Å². The van der Waals surface area contributed by atoms with Crippen LogP contribution in [-0.2, 0) is 126 Å². The Morgan fingerprint density at radius 3 is 0.905 bits per heavy atom. The molecule has 0 aromatic rings. The zero-order chi connectivity index (χ0) is 11.2. The van der Waals surface area contributed by atoms with Crippen LogP contribution in [0.4, 0.5) is 0 Å². The second kappa shape index (κ2) is 44.1. The Kier molecular flexibility index (Phi) is 93.9. The van der Waals surface area contributed by atoms with Crippen molar-refractivity contribution >= 4 is 11.6 Å². The maximum absolute atomic E-state index is 5.62. The first-order valence-corrected chi connectivity index (χ1v) is 7.51. The molecular weight excluding hydrogens is 779 g/mol. The van der Waals surface area contributed by atoms with Gasteiger partial charge in [0.2, 0.25) is 0 Å². The van der Waals surface area contributed by atoms with Crippen LogP contribution in [0.3, 0.4) is 0 Å². The van der Waals surface area contributed by atoms with Gasteiger partial charge in [-0.3, -0.25) is 0 Å². The third-order valence-corrected chi connectivity index (χ3v) is 3.25. The average Bonchev–Trinajstić information content (AvgIpc) is 2.26. The Morgan fingerprint density at radius 2 is 0.667 bits per heavy atom. The summed E-state index contributed by atoms with van der Waals surface area (Å²) in [5.41, 5.74) is 0. The maximum atomic E-state index is 5.62. The monoisotopic (exact) mass is 820 g/mol. The van der Waals surface area contributed by atoms with Gasteiger partial charge >= 0.3 is 0 Å². The van der Waals surface area contributed by atoms with Crippen molar-refractivity contribution in [3.63, 3.8) is 0 Å². The molecule has 0 nitrogen and oxygen atoms in total. The first-order chi connectivity index (χ1) is 7.41. The largest absolute Gasteiger partial charge is 0.127 e. The van der Waals surface area contributed by atoms with E-state index in [1.165, 1.54) is 77.0 Å². The Bertz CT molecular complexity index is 108. The van der Waals surface area contributed by atoms with Crippen molar-refractivity contribution in [2.24, 2.45) is 0 Å². The van der Waals surface area contributed by atoms with Gasteiger partial charge in [-0.25, -0.2) is 0 Å². The molecule has 21 heavy (non-hydrogen) atoms. The molecule has 0 rings (SSSR count). The molecule has 0 aromatic carbocycles. The van der Waals surface area contributed by atoms with Crippen LogP contribution in [-0.4, -0.2) is 5.88 Å². The molecule has 0 aliphatic rings. The molecule has 0 aliphatic heterocycles. The molecule has 128 valence electrons. The predicted octanol–water partition coefficient (Wildman–Crippen LogP) is 5.91. The molecule has 0 fully saturated rings. The van der Waals surface area contributed by atoms with E-state index in [4.69, 9.17) is 11.6 Å². The van der Waals surface area contributed by atoms with Gasteiger partial charge in [0.15, 0.2) is 0 Å². The minimum Gasteiger partial charge on any atom is -0.127 e. The second-order valence-corrected chi connectivity index (χ2v) is 4.96. The Morgan fingerprint density at radius 1 is 0.429 bits per heavy atom. The van der Waals surface area contributed by atoms with E-state index in [1.54, 1.807) is 0 Å². The van der Waals surface area contributed by atoms with Crippen LogP contribution in [0, 0.1) is 0 Å². The van der Waals surface area contributed by atoms with E-state index in [9.17, 15) is 0 Å². The molecular formula is C14H29ClMo6. The molecule has 0 aliphatic carbocycles. The summed E-state index contributed by atoms with van der Waals surface area (Å²) in [6, 6.07) is 0. The van der Waals surface area contributed by atoms with Crippen molar-refractivity contribution in [3.05, 3.63) is 0 Å². The van der Waals surface area contributed by atoms with E-state index in [0.717, 1.165) is 5.88 Å². The zero-order valence-electron chi connectivity index (χ0n) is 13.0. The molecule has 0 atom stereocenters. The fourth-order valence-corrected chi connectivity index (χ4v) is 2.12. The molecule has 0 saturated carbocycles. The quantitative estimate of drug-likeness (QED) is 0.131. The van der Waals surface area contributed by atoms with E-state index in [1.807, 2.05) is 0 Å². The number of hydrogen-bond acceptors (Lipinski definition) is 0. The van der Waals surface area contributed by atoms with Crippen LogP contribution >= 0.6 is 11.6 Å². The van der Waals surface area contributed by atoms with E-state index < -0.39 is 0 Å². The van der Waals surface area contributed by atoms with Crippen LogP contribution in [0.5, 0.6) is 0 Å². The smallest absolute Gasteiger partial charge is 0.0223 e. The molecule has 0 heterocycles. The van der Waals surface area contributed by atoms with Crippen molar-refractivity contribution < 1.29 is 126 Å². The molecule has 0 N–H and O–H groups in total. The van der Waals surface area contributed by atoms with Crippen LogP contribution in [0.2, 0.25) is 0 Å². The molecule has 0 amide bonds. The minimum atomic E-state index is 0. The SMILES string of the molecule is CCCCCCCCCCCCCCCl.[Mo].[Mo].[Mo].[Mo].[Mo].[Mo]. The zero-order valence-corrected chi connectivity index (χ0v) is 25.8. The van der Waals surface area contributed by atoms with Crippen LogP contribution in [0.25, 0.3) is 0 Å². The van der Waals surface area contributed by atoms with E-state index in [0.29, 0.717) is 0 Å². The number of alkyl halides is 1. The maximum Gasteiger partial charge on any atom is 0.0223 e. The van der Waals surface area contributed by atoms with E-state index in [2.05, 4.69) is 6.92 Å². The minimum absolute atomic E-state index is 0. The van der Waals surface area contributed by atoms with Crippen LogP contribution in [0.1, 0.15) is 84.0 Å². The fourth-order valence-electron chi connectivity index (χ4n) is 1.94. The number of hydrogen-bond donors (Lipinski definition) is 0. The van der Waals surface area contributed by atoms with Crippen LogP contribution < -0.4 is 0 Å². The first-order valence-electron chi connectivity index (χ1n) is 6.97. The van der Waals surface area contributed by atoms with Gasteiger partial charge in [0.05, 0.1) is 0 Å². The van der Waals surface area contributed by atoms with Gasteiger partial charge in [-0.05, 0) is 6.42 Å². The summed E-state index contributed by atoms with van der Waals surface area (Å²) in [5.74, 6) is 0.845. The predicted molar refractivity (Wildman–Crippen MR) is 71.8 cm³/mol. The Balaban J connectivity index is -0.0000000653. The van der Waals surface area contributed by atoms with Crippen molar-refractivity contribution in [2.45, 2.75) is 84.0 Å². The summed E-state index contributed by atoms with van der Waals surface area (Å²) in [7, 11) is 0. The first kappa shape index (κ1) is 44.7.